The van der Waals surface area contributed by atoms with Crippen molar-refractivity contribution >= 4 is 16.9 Å². The summed E-state index contributed by atoms with van der Waals surface area (Å²) in [7, 11) is 0. The summed E-state index contributed by atoms with van der Waals surface area (Å²) in [6, 6.07) is 13.0. The van der Waals surface area contributed by atoms with Crippen LogP contribution in [0.5, 0.6) is 5.75 Å². The van der Waals surface area contributed by atoms with Crippen molar-refractivity contribution in [3.63, 3.8) is 0 Å². The van der Waals surface area contributed by atoms with Gasteiger partial charge in [-0.25, -0.2) is 0 Å². The van der Waals surface area contributed by atoms with E-state index in [1.54, 1.807) is 18.2 Å². The SMILES string of the molecule is CCOc1ccc2c(=O)c3c(oc2c1)C(=O)N(CCCN(CC)CC)C3c1ccc(C(C)(C)C)cc1. The van der Waals surface area contributed by atoms with Gasteiger partial charge in [-0.15, -0.1) is 0 Å². The number of carbonyl (C=O) groups excluding carboxylic acids is 1. The highest BCUT2D eigenvalue weighted by Gasteiger charge is 2.42. The molecule has 0 bridgehead atoms. The lowest BCUT2D eigenvalue weighted by atomic mass is 9.86. The van der Waals surface area contributed by atoms with Crippen molar-refractivity contribution in [2.24, 2.45) is 0 Å². The van der Waals surface area contributed by atoms with E-state index in [0.717, 1.165) is 31.6 Å². The van der Waals surface area contributed by atoms with Gasteiger partial charge in [0, 0.05) is 12.6 Å². The van der Waals surface area contributed by atoms with Crippen LogP contribution in [-0.4, -0.2) is 48.5 Å². The molecule has 0 saturated carbocycles. The Labute approximate surface area is 213 Å². The molecule has 1 aliphatic rings. The summed E-state index contributed by atoms with van der Waals surface area (Å²) >= 11 is 0. The molecule has 6 nitrogen and oxygen atoms in total. The van der Waals surface area contributed by atoms with E-state index in [-0.39, 0.29) is 22.5 Å². The number of benzene rings is 2. The number of carbonyl (C=O) groups is 1. The highest BCUT2D eigenvalue weighted by atomic mass is 16.5. The zero-order valence-corrected chi connectivity index (χ0v) is 22.4. The Morgan fingerprint density at radius 3 is 2.31 bits per heavy atom. The molecule has 0 radical (unpaired) electrons. The maximum absolute atomic E-state index is 13.8. The Balaban J connectivity index is 1.80. The molecule has 36 heavy (non-hydrogen) atoms. The number of rotatable bonds is 9. The zero-order valence-electron chi connectivity index (χ0n) is 22.4. The minimum Gasteiger partial charge on any atom is -0.494 e. The average Bonchev–Trinajstić information content (AvgIpc) is 3.13. The predicted molar refractivity (Wildman–Crippen MR) is 144 cm³/mol. The van der Waals surface area contributed by atoms with E-state index in [1.165, 1.54) is 5.56 Å². The van der Waals surface area contributed by atoms with Crippen molar-refractivity contribution in [1.29, 1.82) is 0 Å². The summed E-state index contributed by atoms with van der Waals surface area (Å²) in [4.78, 5) is 31.6. The second kappa shape index (κ2) is 10.5. The molecule has 0 N–H and O–H groups in total. The van der Waals surface area contributed by atoms with Crippen molar-refractivity contribution in [2.45, 2.75) is 59.4 Å². The summed E-state index contributed by atoms with van der Waals surface area (Å²) in [5.41, 5.74) is 2.80. The molecule has 0 saturated heterocycles. The average molecular weight is 491 g/mol. The van der Waals surface area contributed by atoms with Gasteiger partial charge in [-0.2, -0.15) is 0 Å². The van der Waals surface area contributed by atoms with E-state index < -0.39 is 6.04 Å². The Hall–Kier alpha value is -3.12. The molecule has 1 amide bonds. The van der Waals surface area contributed by atoms with E-state index in [4.69, 9.17) is 9.15 Å². The molecular formula is C30H38N2O4. The van der Waals surface area contributed by atoms with Gasteiger partial charge >= 0.3 is 0 Å². The molecule has 1 unspecified atom stereocenters. The molecule has 0 spiro atoms. The maximum Gasteiger partial charge on any atom is 0.290 e. The summed E-state index contributed by atoms with van der Waals surface area (Å²) in [6.07, 6.45) is 0.820. The van der Waals surface area contributed by atoms with Gasteiger partial charge in [0.1, 0.15) is 11.3 Å². The van der Waals surface area contributed by atoms with Crippen LogP contribution in [0.3, 0.4) is 0 Å². The summed E-state index contributed by atoms with van der Waals surface area (Å²) < 4.78 is 11.7. The molecule has 192 valence electrons. The fourth-order valence-electron chi connectivity index (χ4n) is 5.00. The lowest BCUT2D eigenvalue weighted by Crippen LogP contribution is -2.33. The van der Waals surface area contributed by atoms with Crippen LogP contribution in [0.4, 0.5) is 0 Å². The first-order chi connectivity index (χ1) is 17.2. The third-order valence-corrected chi connectivity index (χ3v) is 7.11. The van der Waals surface area contributed by atoms with Crippen molar-refractivity contribution in [2.75, 3.05) is 32.8 Å². The molecule has 3 aromatic rings. The molecular weight excluding hydrogens is 452 g/mol. The maximum atomic E-state index is 13.8. The second-order valence-corrected chi connectivity index (χ2v) is 10.4. The Bertz CT molecular complexity index is 1280. The fraction of sp³-hybridized carbons (Fsp3) is 0.467. The lowest BCUT2D eigenvalue weighted by molar-refractivity contribution is 0.0720. The van der Waals surface area contributed by atoms with Crippen molar-refractivity contribution < 1.29 is 13.9 Å². The van der Waals surface area contributed by atoms with Gasteiger partial charge in [0.25, 0.3) is 5.91 Å². The molecule has 6 heteroatoms. The molecule has 1 aromatic heterocycles. The van der Waals surface area contributed by atoms with E-state index >= 15 is 0 Å². The van der Waals surface area contributed by atoms with E-state index in [9.17, 15) is 9.59 Å². The summed E-state index contributed by atoms with van der Waals surface area (Å²) in [5, 5.41) is 0.464. The van der Waals surface area contributed by atoms with Crippen molar-refractivity contribution in [1.82, 2.24) is 9.80 Å². The molecule has 4 rings (SSSR count). The number of ether oxygens (including phenoxy) is 1. The standard InChI is InChI=1S/C30H38N2O4/c1-7-31(8-2)17-10-18-32-26(20-11-13-21(14-12-20)30(4,5)6)25-27(33)23-16-15-22(35-9-3)19-24(23)36-28(25)29(32)34/h11-16,19,26H,7-10,17-18H2,1-6H3. The smallest absolute Gasteiger partial charge is 0.290 e. The second-order valence-electron chi connectivity index (χ2n) is 10.4. The van der Waals surface area contributed by atoms with Crippen LogP contribution in [0.15, 0.2) is 51.7 Å². The first kappa shape index (κ1) is 26.0. The molecule has 0 aliphatic carbocycles. The minimum absolute atomic E-state index is 0.0128. The predicted octanol–water partition coefficient (Wildman–Crippen LogP) is 5.77. The quantitative estimate of drug-likeness (QED) is 0.381. The van der Waals surface area contributed by atoms with Gasteiger partial charge < -0.3 is 19.0 Å². The number of nitrogens with zero attached hydrogens (tertiary/aromatic N) is 2. The van der Waals surface area contributed by atoms with Crippen LogP contribution in [0, 0.1) is 0 Å². The van der Waals surface area contributed by atoms with Gasteiger partial charge in [0.05, 0.1) is 23.6 Å². The highest BCUT2D eigenvalue weighted by molar-refractivity contribution is 5.99. The van der Waals surface area contributed by atoms with Gasteiger partial charge in [0.2, 0.25) is 5.76 Å². The van der Waals surface area contributed by atoms with Crippen molar-refractivity contribution in [3.05, 3.63) is 75.1 Å². The Morgan fingerprint density at radius 2 is 1.69 bits per heavy atom. The third kappa shape index (κ3) is 4.92. The lowest BCUT2D eigenvalue weighted by Gasteiger charge is -2.27. The normalized spacial score (nSPS) is 15.7. The van der Waals surface area contributed by atoms with Crippen molar-refractivity contribution in [3.8, 4) is 5.75 Å². The van der Waals surface area contributed by atoms with E-state index in [1.807, 2.05) is 24.0 Å². The third-order valence-electron chi connectivity index (χ3n) is 7.11. The number of hydrogen-bond donors (Lipinski definition) is 0. The monoisotopic (exact) mass is 490 g/mol. The topological polar surface area (TPSA) is 63.0 Å². The molecule has 0 fully saturated rings. The van der Waals surface area contributed by atoms with Gasteiger partial charge in [-0.3, -0.25) is 9.59 Å². The van der Waals surface area contributed by atoms with Crippen LogP contribution in [0.2, 0.25) is 0 Å². The summed E-state index contributed by atoms with van der Waals surface area (Å²) in [6.45, 7) is 16.6. The number of amides is 1. The molecule has 1 aliphatic heterocycles. The largest absolute Gasteiger partial charge is 0.494 e. The van der Waals surface area contributed by atoms with Gasteiger partial charge in [0.15, 0.2) is 5.43 Å². The molecule has 1 atom stereocenters. The first-order valence-electron chi connectivity index (χ1n) is 13.1. The Kier molecular flexibility index (Phi) is 7.55. The van der Waals surface area contributed by atoms with E-state index in [0.29, 0.717) is 35.4 Å². The molecule has 2 heterocycles. The van der Waals surface area contributed by atoms with Gasteiger partial charge in [-0.05, 0) is 61.7 Å². The zero-order chi connectivity index (χ0) is 26.0. The van der Waals surface area contributed by atoms with Crippen LogP contribution in [-0.2, 0) is 5.41 Å². The molecule has 2 aromatic carbocycles. The van der Waals surface area contributed by atoms with Crippen LogP contribution in [0.1, 0.15) is 81.3 Å². The van der Waals surface area contributed by atoms with E-state index in [2.05, 4.69) is 51.7 Å². The van der Waals surface area contributed by atoms with Gasteiger partial charge in [-0.1, -0.05) is 58.9 Å². The minimum atomic E-state index is -0.467. The number of hydrogen-bond acceptors (Lipinski definition) is 5. The van der Waals surface area contributed by atoms with Crippen LogP contribution < -0.4 is 10.2 Å². The number of fused-ring (bicyclic) bond motifs is 2. The fourth-order valence-corrected chi connectivity index (χ4v) is 5.00. The van der Waals surface area contributed by atoms with Crippen LogP contribution in [0.25, 0.3) is 11.0 Å². The van der Waals surface area contributed by atoms with Crippen LogP contribution >= 0.6 is 0 Å². The summed E-state index contributed by atoms with van der Waals surface area (Å²) in [5.74, 6) is 0.535. The first-order valence-corrected chi connectivity index (χ1v) is 13.1. The highest BCUT2D eigenvalue weighted by Crippen LogP contribution is 2.39. The Morgan fingerprint density at radius 1 is 1.00 bits per heavy atom.